The quantitative estimate of drug-likeness (QED) is 0.711. The summed E-state index contributed by atoms with van der Waals surface area (Å²) in [6, 6.07) is 14.3. The Labute approximate surface area is 167 Å². The first kappa shape index (κ1) is 18.6. The molecule has 3 aromatic rings. The van der Waals surface area contributed by atoms with Crippen molar-refractivity contribution in [3.63, 3.8) is 0 Å². The number of hydrogen-bond acceptors (Lipinski definition) is 5. The molecule has 29 heavy (non-hydrogen) atoms. The predicted molar refractivity (Wildman–Crippen MR) is 105 cm³/mol. The number of carbonyl (C=O) groups is 2. The van der Waals surface area contributed by atoms with Crippen molar-refractivity contribution < 1.29 is 19.4 Å². The summed E-state index contributed by atoms with van der Waals surface area (Å²) in [5.74, 6) is -0.891. The third-order valence-electron chi connectivity index (χ3n) is 5.02. The van der Waals surface area contributed by atoms with E-state index < -0.39 is 17.4 Å². The second kappa shape index (κ2) is 7.35. The van der Waals surface area contributed by atoms with E-state index in [1.165, 1.54) is 18.3 Å². The van der Waals surface area contributed by atoms with Crippen LogP contribution in [0.1, 0.15) is 44.1 Å². The summed E-state index contributed by atoms with van der Waals surface area (Å²) < 4.78 is 5.76. The molecular weight excluding hydrogens is 370 g/mol. The molecule has 0 unspecified atom stereocenters. The third-order valence-corrected chi connectivity index (χ3v) is 5.02. The van der Waals surface area contributed by atoms with Crippen LogP contribution in [0, 0.1) is 6.92 Å². The van der Waals surface area contributed by atoms with Crippen molar-refractivity contribution in [1.82, 2.24) is 15.3 Å². The van der Waals surface area contributed by atoms with Crippen LogP contribution in [0.25, 0.3) is 0 Å². The summed E-state index contributed by atoms with van der Waals surface area (Å²) in [4.78, 5) is 32.6. The smallest absolute Gasteiger partial charge is 0.337 e. The van der Waals surface area contributed by atoms with Crippen molar-refractivity contribution in [2.75, 3.05) is 6.61 Å². The van der Waals surface area contributed by atoms with Gasteiger partial charge in [0, 0.05) is 18.8 Å². The van der Waals surface area contributed by atoms with Gasteiger partial charge in [0.1, 0.15) is 22.7 Å². The van der Waals surface area contributed by atoms with Crippen LogP contribution in [-0.4, -0.2) is 33.6 Å². The number of rotatable bonds is 4. The van der Waals surface area contributed by atoms with E-state index in [0.717, 1.165) is 11.1 Å². The van der Waals surface area contributed by atoms with E-state index in [0.29, 0.717) is 24.5 Å². The molecule has 0 spiro atoms. The van der Waals surface area contributed by atoms with Gasteiger partial charge in [-0.25, -0.2) is 4.79 Å². The number of fused-ring (bicyclic) bond motifs is 1. The first-order valence-corrected chi connectivity index (χ1v) is 9.17. The van der Waals surface area contributed by atoms with Crippen LogP contribution in [0.15, 0.2) is 60.9 Å². The fourth-order valence-electron chi connectivity index (χ4n) is 3.49. The molecule has 146 valence electrons. The van der Waals surface area contributed by atoms with Crippen LogP contribution in [-0.2, 0) is 5.54 Å². The zero-order valence-corrected chi connectivity index (χ0v) is 15.8. The molecule has 2 N–H and O–H groups in total. The number of nitrogens with zero attached hydrogens (tertiary/aromatic N) is 2. The number of hydrogen-bond donors (Lipinski definition) is 2. The minimum Gasteiger partial charge on any atom is -0.491 e. The predicted octanol–water partition coefficient (Wildman–Crippen LogP) is 2.94. The van der Waals surface area contributed by atoms with Crippen molar-refractivity contribution in [1.29, 1.82) is 0 Å². The zero-order valence-electron chi connectivity index (χ0n) is 15.8. The second-order valence-corrected chi connectivity index (χ2v) is 6.91. The lowest BCUT2D eigenvalue weighted by atomic mass is 9.81. The number of ether oxygens (including phenoxy) is 1. The second-order valence-electron chi connectivity index (χ2n) is 6.91. The standard InChI is InChI=1S/C22H19N3O4/c1-14-4-7-16(8-5-14)22(10-12-29-18-3-2-11-23-19(18)22)25-20(26)17-9-6-15(13-24-17)21(27)28/h2-9,11,13H,10,12H2,1H3,(H,25,26)(H,27,28)/t22-/m0/s1. The summed E-state index contributed by atoms with van der Waals surface area (Å²) in [6.45, 7) is 2.41. The fourth-order valence-corrected chi connectivity index (χ4v) is 3.49. The molecule has 0 saturated carbocycles. The maximum absolute atomic E-state index is 13.1. The number of pyridine rings is 2. The maximum Gasteiger partial charge on any atom is 0.337 e. The van der Waals surface area contributed by atoms with Crippen LogP contribution in [0.5, 0.6) is 5.75 Å². The van der Waals surface area contributed by atoms with Gasteiger partial charge >= 0.3 is 5.97 Å². The van der Waals surface area contributed by atoms with Gasteiger partial charge in [-0.1, -0.05) is 29.8 Å². The molecule has 1 aliphatic rings. The highest BCUT2D eigenvalue weighted by Gasteiger charge is 2.42. The summed E-state index contributed by atoms with van der Waals surface area (Å²) >= 11 is 0. The molecule has 2 aromatic heterocycles. The van der Waals surface area contributed by atoms with Crippen molar-refractivity contribution >= 4 is 11.9 Å². The van der Waals surface area contributed by atoms with Crippen LogP contribution in [0.3, 0.4) is 0 Å². The van der Waals surface area contributed by atoms with Gasteiger partial charge in [0.15, 0.2) is 0 Å². The SMILES string of the molecule is Cc1ccc([C@@]2(NC(=O)c3ccc(C(=O)O)cn3)CCOc3cccnc32)cc1. The minimum atomic E-state index is -1.09. The number of amides is 1. The molecule has 3 heterocycles. The highest BCUT2D eigenvalue weighted by molar-refractivity contribution is 5.94. The number of carboxylic acid groups (broad SMARTS) is 1. The number of benzene rings is 1. The highest BCUT2D eigenvalue weighted by atomic mass is 16.5. The number of nitrogens with one attached hydrogen (secondary N) is 1. The molecular formula is C22H19N3O4. The van der Waals surface area contributed by atoms with Gasteiger partial charge in [-0.3, -0.25) is 14.8 Å². The number of aromatic carboxylic acids is 1. The van der Waals surface area contributed by atoms with Gasteiger partial charge in [0.25, 0.3) is 5.91 Å². The molecule has 7 nitrogen and oxygen atoms in total. The van der Waals surface area contributed by atoms with Crippen molar-refractivity contribution in [2.24, 2.45) is 0 Å². The Bertz CT molecular complexity index is 1060. The largest absolute Gasteiger partial charge is 0.491 e. The Balaban J connectivity index is 1.77. The number of aryl methyl sites for hydroxylation is 1. The van der Waals surface area contributed by atoms with Crippen molar-refractivity contribution in [3.8, 4) is 5.75 Å². The molecule has 1 amide bonds. The molecule has 1 aromatic carbocycles. The molecule has 1 aliphatic heterocycles. The van der Waals surface area contributed by atoms with Crippen molar-refractivity contribution in [3.05, 3.63) is 89.0 Å². The lowest BCUT2D eigenvalue weighted by molar-refractivity contribution is 0.0695. The van der Waals surface area contributed by atoms with Crippen LogP contribution in [0.2, 0.25) is 0 Å². The fraction of sp³-hybridized carbons (Fsp3) is 0.182. The topological polar surface area (TPSA) is 101 Å². The Morgan fingerprint density at radius 3 is 2.59 bits per heavy atom. The highest BCUT2D eigenvalue weighted by Crippen LogP contribution is 2.40. The normalized spacial score (nSPS) is 17.7. The summed E-state index contributed by atoms with van der Waals surface area (Å²) in [5, 5.41) is 12.1. The molecule has 0 saturated heterocycles. The lowest BCUT2D eigenvalue weighted by Gasteiger charge is -2.39. The van der Waals surface area contributed by atoms with Gasteiger partial charge in [-0.15, -0.1) is 0 Å². The first-order valence-electron chi connectivity index (χ1n) is 9.17. The average molecular weight is 389 g/mol. The molecule has 1 atom stereocenters. The summed E-state index contributed by atoms with van der Waals surface area (Å²) in [6.07, 6.45) is 3.34. The Morgan fingerprint density at radius 1 is 1.10 bits per heavy atom. The Morgan fingerprint density at radius 2 is 1.90 bits per heavy atom. The monoisotopic (exact) mass is 389 g/mol. The molecule has 0 aliphatic carbocycles. The molecule has 4 rings (SSSR count). The molecule has 7 heteroatoms. The van der Waals surface area contributed by atoms with E-state index in [1.54, 1.807) is 12.3 Å². The van der Waals surface area contributed by atoms with Gasteiger partial charge in [-0.2, -0.15) is 0 Å². The number of carboxylic acids is 1. The van der Waals surface area contributed by atoms with Crippen molar-refractivity contribution in [2.45, 2.75) is 18.9 Å². The average Bonchev–Trinajstić information content (AvgIpc) is 2.74. The molecule has 0 bridgehead atoms. The van der Waals surface area contributed by atoms with Gasteiger partial charge in [-0.05, 0) is 36.8 Å². The van der Waals surface area contributed by atoms with E-state index in [4.69, 9.17) is 9.84 Å². The van der Waals surface area contributed by atoms with Crippen LogP contribution >= 0.6 is 0 Å². The van der Waals surface area contributed by atoms with E-state index >= 15 is 0 Å². The van der Waals surface area contributed by atoms with E-state index in [-0.39, 0.29) is 11.3 Å². The summed E-state index contributed by atoms with van der Waals surface area (Å²) in [7, 11) is 0. The number of aromatic nitrogens is 2. The van der Waals surface area contributed by atoms with Gasteiger partial charge < -0.3 is 15.2 Å². The summed E-state index contributed by atoms with van der Waals surface area (Å²) in [5.41, 5.74) is 1.90. The van der Waals surface area contributed by atoms with E-state index in [9.17, 15) is 9.59 Å². The molecule has 0 fully saturated rings. The maximum atomic E-state index is 13.1. The Kier molecular flexibility index (Phi) is 4.72. The van der Waals surface area contributed by atoms with Crippen LogP contribution < -0.4 is 10.1 Å². The van der Waals surface area contributed by atoms with Gasteiger partial charge in [0.05, 0.1) is 12.2 Å². The van der Waals surface area contributed by atoms with Gasteiger partial charge in [0.2, 0.25) is 0 Å². The third kappa shape index (κ3) is 3.42. The lowest BCUT2D eigenvalue weighted by Crippen LogP contribution is -2.50. The van der Waals surface area contributed by atoms with E-state index in [2.05, 4.69) is 15.3 Å². The number of carbonyl (C=O) groups excluding carboxylic acids is 1. The van der Waals surface area contributed by atoms with E-state index in [1.807, 2.05) is 37.3 Å². The molecule has 0 radical (unpaired) electrons. The van der Waals surface area contributed by atoms with Crippen LogP contribution in [0.4, 0.5) is 0 Å². The Hall–Kier alpha value is -3.74. The minimum absolute atomic E-state index is 0.0212. The first-order chi connectivity index (χ1) is 14.0. The zero-order chi connectivity index (χ0) is 20.4.